The van der Waals surface area contributed by atoms with Crippen LogP contribution in [-0.4, -0.2) is 45.4 Å². The molecule has 2 atom stereocenters. The van der Waals surface area contributed by atoms with Crippen molar-refractivity contribution in [3.8, 4) is 6.07 Å². The molecule has 0 radical (unpaired) electrons. The van der Waals surface area contributed by atoms with Gasteiger partial charge in [0.1, 0.15) is 11.6 Å². The number of allylic oxidation sites excluding steroid dienone is 1. The molecule has 1 aliphatic heterocycles. The summed E-state index contributed by atoms with van der Waals surface area (Å²) >= 11 is 0.745. The van der Waals surface area contributed by atoms with Crippen LogP contribution >= 0.6 is 11.3 Å². The second-order valence-electron chi connectivity index (χ2n) is 12.2. The lowest BCUT2D eigenvalue weighted by molar-refractivity contribution is -0.125. The van der Waals surface area contributed by atoms with E-state index in [-0.39, 0.29) is 50.6 Å². The fourth-order valence-electron chi connectivity index (χ4n) is 4.84. The van der Waals surface area contributed by atoms with Gasteiger partial charge in [-0.25, -0.2) is 13.8 Å². The van der Waals surface area contributed by atoms with Crippen molar-refractivity contribution in [2.24, 2.45) is 11.3 Å². The molecule has 2 N–H and O–H groups in total. The zero-order valence-corrected chi connectivity index (χ0v) is 25.7. The molecule has 0 bridgehead atoms. The van der Waals surface area contributed by atoms with Crippen LogP contribution in [0.15, 0.2) is 42.0 Å². The molecule has 2 unspecified atom stereocenters. The lowest BCUT2D eigenvalue weighted by Crippen LogP contribution is -2.37. The van der Waals surface area contributed by atoms with Gasteiger partial charge in [0.05, 0.1) is 26.8 Å². The minimum Gasteiger partial charge on any atom is -0.336 e. The lowest BCUT2D eigenvalue weighted by Gasteiger charge is -2.28. The second kappa shape index (κ2) is 12.7. The van der Waals surface area contributed by atoms with Crippen molar-refractivity contribution >= 4 is 40.1 Å². The Hall–Kier alpha value is -3.62. The molecular formula is C31H38F2N6O2S. The number of carbonyl (C=O) groups is 2. The van der Waals surface area contributed by atoms with E-state index in [4.69, 9.17) is 4.98 Å². The number of anilines is 1. The monoisotopic (exact) mass is 596 g/mol. The van der Waals surface area contributed by atoms with E-state index >= 15 is 0 Å². The van der Waals surface area contributed by atoms with Crippen molar-refractivity contribution in [2.45, 2.75) is 73.0 Å². The second-order valence-corrected chi connectivity index (χ2v) is 13.3. The van der Waals surface area contributed by atoms with E-state index in [9.17, 15) is 23.6 Å². The van der Waals surface area contributed by atoms with Gasteiger partial charge in [-0.3, -0.25) is 14.9 Å². The van der Waals surface area contributed by atoms with Gasteiger partial charge in [0.25, 0.3) is 18.2 Å². The fourth-order valence-corrected chi connectivity index (χ4v) is 5.60. The molecule has 1 aliphatic rings. The van der Waals surface area contributed by atoms with Crippen LogP contribution in [0, 0.1) is 22.7 Å². The third kappa shape index (κ3) is 7.05. The number of rotatable bonds is 9. The topological polar surface area (TPSA) is 103 Å². The Bertz CT molecular complexity index is 1530. The first kappa shape index (κ1) is 31.3. The molecule has 1 saturated heterocycles. The number of aromatic nitrogens is 2. The number of nitrogens with zero attached hydrogens (tertiary/aromatic N) is 4. The van der Waals surface area contributed by atoms with E-state index in [1.54, 1.807) is 11.0 Å². The van der Waals surface area contributed by atoms with Crippen LogP contribution < -0.4 is 10.6 Å². The van der Waals surface area contributed by atoms with Gasteiger partial charge >= 0.3 is 0 Å². The first-order valence-corrected chi connectivity index (χ1v) is 14.9. The van der Waals surface area contributed by atoms with Crippen molar-refractivity contribution in [1.82, 2.24) is 19.8 Å². The summed E-state index contributed by atoms with van der Waals surface area (Å²) in [5, 5.41) is 15.9. The SMILES string of the molecule is CC(C)C=C(C#N)C(=O)N1CCC(n2c(NC(=O)c3ccc(C(F)F)s3)nc3cc(CNC(C)C(C)(C)C)ccc32)C1. The molecule has 0 spiro atoms. The molecule has 42 heavy (non-hydrogen) atoms. The minimum atomic E-state index is -2.65. The molecule has 11 heteroatoms. The number of likely N-dealkylation sites (tertiary alicyclic amines) is 1. The van der Waals surface area contributed by atoms with Crippen LogP contribution in [0.4, 0.5) is 14.7 Å². The molecular weight excluding hydrogens is 558 g/mol. The highest BCUT2D eigenvalue weighted by Gasteiger charge is 2.32. The van der Waals surface area contributed by atoms with E-state index in [0.717, 1.165) is 22.4 Å². The molecule has 0 aliphatic carbocycles. The van der Waals surface area contributed by atoms with Crippen LogP contribution in [0.2, 0.25) is 0 Å². The number of nitriles is 1. The van der Waals surface area contributed by atoms with Gasteiger partial charge in [0.15, 0.2) is 0 Å². The van der Waals surface area contributed by atoms with Crippen molar-refractivity contribution in [3.63, 3.8) is 0 Å². The molecule has 3 heterocycles. The summed E-state index contributed by atoms with van der Waals surface area (Å²) in [6, 6.07) is 10.7. The summed E-state index contributed by atoms with van der Waals surface area (Å²) in [6.45, 7) is 13.9. The number of thiophene rings is 1. The highest BCUT2D eigenvalue weighted by Crippen LogP contribution is 2.33. The van der Waals surface area contributed by atoms with Crippen LogP contribution in [-0.2, 0) is 11.3 Å². The zero-order chi connectivity index (χ0) is 30.8. The van der Waals surface area contributed by atoms with Gasteiger partial charge in [-0.2, -0.15) is 5.26 Å². The summed E-state index contributed by atoms with van der Waals surface area (Å²) in [5.74, 6) is -0.503. The first-order valence-electron chi connectivity index (χ1n) is 14.1. The Balaban J connectivity index is 1.66. The van der Waals surface area contributed by atoms with Crippen molar-refractivity contribution in [1.29, 1.82) is 5.26 Å². The van der Waals surface area contributed by atoms with Crippen LogP contribution in [0.3, 0.4) is 0 Å². The number of hydrogen-bond donors (Lipinski definition) is 2. The van der Waals surface area contributed by atoms with Crippen molar-refractivity contribution in [3.05, 3.63) is 57.3 Å². The van der Waals surface area contributed by atoms with E-state index < -0.39 is 12.3 Å². The normalized spacial score (nSPS) is 16.8. The molecule has 8 nitrogen and oxygen atoms in total. The number of amides is 2. The third-order valence-corrected chi connectivity index (χ3v) is 8.71. The summed E-state index contributed by atoms with van der Waals surface area (Å²) in [5.41, 5.74) is 2.70. The lowest BCUT2D eigenvalue weighted by atomic mass is 9.88. The van der Waals surface area contributed by atoms with Crippen molar-refractivity contribution in [2.75, 3.05) is 18.4 Å². The number of nitrogens with one attached hydrogen (secondary N) is 2. The van der Waals surface area contributed by atoms with Crippen LogP contribution in [0.25, 0.3) is 11.0 Å². The predicted molar refractivity (Wildman–Crippen MR) is 161 cm³/mol. The smallest absolute Gasteiger partial charge is 0.272 e. The number of carbonyl (C=O) groups excluding carboxylic acids is 2. The molecule has 4 rings (SSSR count). The number of hydrogen-bond acceptors (Lipinski definition) is 6. The molecule has 224 valence electrons. The molecule has 0 saturated carbocycles. The summed E-state index contributed by atoms with van der Waals surface area (Å²) < 4.78 is 28.2. The summed E-state index contributed by atoms with van der Waals surface area (Å²) in [7, 11) is 0. The standard InChI is InChI=1S/C31H38F2N6O2S/c1-18(2)13-21(15-34)29(41)38-12-11-22(17-38)39-24-8-7-20(16-35-19(3)31(4,5)6)14-23(24)36-30(39)37-28(40)26-10-9-25(42-26)27(32)33/h7-10,13-14,18-19,22,27,35H,11-12,16-17H2,1-6H3,(H,36,37,40). The molecule has 1 aromatic carbocycles. The van der Waals surface area contributed by atoms with E-state index in [0.29, 0.717) is 31.6 Å². The Morgan fingerprint density at radius 2 is 1.95 bits per heavy atom. The molecule has 2 aromatic heterocycles. The first-order chi connectivity index (χ1) is 19.8. The van der Waals surface area contributed by atoms with Crippen LogP contribution in [0.1, 0.15) is 80.5 Å². The number of benzene rings is 1. The summed E-state index contributed by atoms with van der Waals surface area (Å²) in [6.07, 6.45) is -0.390. The van der Waals surface area contributed by atoms with Gasteiger partial charge in [0, 0.05) is 25.7 Å². The van der Waals surface area contributed by atoms with Gasteiger partial charge in [-0.1, -0.05) is 46.8 Å². The predicted octanol–water partition coefficient (Wildman–Crippen LogP) is 6.69. The maximum atomic E-state index is 13.1. The van der Waals surface area contributed by atoms with Crippen LogP contribution in [0.5, 0.6) is 0 Å². The largest absolute Gasteiger partial charge is 0.336 e. The van der Waals surface area contributed by atoms with E-state index in [1.807, 2.05) is 42.7 Å². The molecule has 1 fully saturated rings. The Kier molecular flexibility index (Phi) is 9.48. The zero-order valence-electron chi connectivity index (χ0n) is 24.9. The van der Waals surface area contributed by atoms with Crippen molar-refractivity contribution < 1.29 is 18.4 Å². The Morgan fingerprint density at radius 1 is 1.21 bits per heavy atom. The quantitative estimate of drug-likeness (QED) is 0.212. The Labute approximate surface area is 249 Å². The minimum absolute atomic E-state index is 0.0549. The Morgan fingerprint density at radius 3 is 2.57 bits per heavy atom. The van der Waals surface area contributed by atoms with E-state index in [1.165, 1.54) is 12.1 Å². The number of alkyl halides is 2. The highest BCUT2D eigenvalue weighted by molar-refractivity contribution is 7.14. The molecule has 3 aromatic rings. The summed E-state index contributed by atoms with van der Waals surface area (Å²) in [4.78, 5) is 32.6. The van der Waals surface area contributed by atoms with Gasteiger partial charge in [0.2, 0.25) is 5.95 Å². The number of fused-ring (bicyclic) bond motifs is 1. The number of halogens is 2. The maximum Gasteiger partial charge on any atom is 0.272 e. The average Bonchev–Trinajstić information content (AvgIpc) is 3.67. The van der Waals surface area contributed by atoms with Gasteiger partial charge in [-0.05, 0) is 54.5 Å². The number of imidazole rings is 1. The average molecular weight is 597 g/mol. The van der Waals surface area contributed by atoms with Gasteiger partial charge < -0.3 is 14.8 Å². The highest BCUT2D eigenvalue weighted by atomic mass is 32.1. The maximum absolute atomic E-state index is 13.1. The fraction of sp³-hybridized carbons (Fsp3) is 0.484. The van der Waals surface area contributed by atoms with Gasteiger partial charge in [-0.15, -0.1) is 11.3 Å². The van der Waals surface area contributed by atoms with E-state index in [2.05, 4.69) is 38.3 Å². The third-order valence-electron chi connectivity index (χ3n) is 7.62. The molecule has 2 amide bonds.